The number of benzene rings is 1. The third kappa shape index (κ3) is 8.82. The molecule has 1 N–H and O–H groups in total. The summed E-state index contributed by atoms with van der Waals surface area (Å²) in [5.74, 6) is -1.43. The number of hydrogen-bond donors (Lipinski definition) is 1. The number of nitrogens with one attached hydrogen (secondary N) is 1. The number of carbonyl (C=O) groups excluding carboxylic acids is 4. The van der Waals surface area contributed by atoms with Crippen molar-refractivity contribution in [2.45, 2.75) is 97.2 Å². The summed E-state index contributed by atoms with van der Waals surface area (Å²) in [6, 6.07) is 5.36. The summed E-state index contributed by atoms with van der Waals surface area (Å²) in [6.07, 6.45) is -2.68. The molecular weight excluding hydrogens is 538 g/mol. The number of hydrogen-bond acceptors (Lipinski definition) is 10. The highest BCUT2D eigenvalue weighted by molar-refractivity contribution is 6.74. The fourth-order valence-corrected chi connectivity index (χ4v) is 4.81. The van der Waals surface area contributed by atoms with Crippen LogP contribution in [0.1, 0.15) is 54.0 Å². The lowest BCUT2D eigenvalue weighted by Gasteiger charge is -2.43. The van der Waals surface area contributed by atoms with Gasteiger partial charge in [-0.3, -0.25) is 19.2 Å². The topological polar surface area (TPSA) is 136 Å². The lowest BCUT2D eigenvalue weighted by molar-refractivity contribution is -0.247. The van der Waals surface area contributed by atoms with Gasteiger partial charge in [0.2, 0.25) is 5.91 Å². The summed E-state index contributed by atoms with van der Waals surface area (Å²) in [5.41, 5.74) is 0.678. The van der Waals surface area contributed by atoms with E-state index in [1.165, 1.54) is 19.9 Å². The third-order valence-electron chi connectivity index (χ3n) is 6.75. The highest BCUT2D eigenvalue weighted by atomic mass is 28.4. The summed E-state index contributed by atoms with van der Waals surface area (Å²) >= 11 is 0. The summed E-state index contributed by atoms with van der Waals surface area (Å²) in [4.78, 5) is 48.2. The number of methoxy groups -OCH3 is 1. The maximum atomic E-state index is 12.9. The minimum absolute atomic E-state index is 0.00397. The first-order valence-electron chi connectivity index (χ1n) is 13.0. The number of ether oxygens (including phenoxy) is 5. The Morgan fingerprint density at radius 1 is 0.900 bits per heavy atom. The molecule has 40 heavy (non-hydrogen) atoms. The van der Waals surface area contributed by atoms with Gasteiger partial charge in [0.25, 0.3) is 8.32 Å². The Morgan fingerprint density at radius 3 is 1.98 bits per heavy atom. The van der Waals surface area contributed by atoms with E-state index < -0.39 is 62.8 Å². The van der Waals surface area contributed by atoms with E-state index in [0.717, 1.165) is 6.92 Å². The molecule has 222 valence electrons. The van der Waals surface area contributed by atoms with E-state index in [0.29, 0.717) is 17.1 Å². The van der Waals surface area contributed by atoms with Crippen molar-refractivity contribution in [3.8, 4) is 11.5 Å². The van der Waals surface area contributed by atoms with E-state index >= 15 is 0 Å². The van der Waals surface area contributed by atoms with Crippen molar-refractivity contribution in [2.24, 2.45) is 0 Å². The highest BCUT2D eigenvalue weighted by Gasteiger charge is 2.50. The average molecular weight is 580 g/mol. The lowest BCUT2D eigenvalue weighted by Crippen LogP contribution is -2.64. The van der Waals surface area contributed by atoms with Gasteiger partial charge in [0.1, 0.15) is 5.75 Å². The Morgan fingerprint density at radius 2 is 1.45 bits per heavy atom. The molecule has 0 aliphatic carbocycles. The summed E-state index contributed by atoms with van der Waals surface area (Å²) < 4.78 is 33.7. The molecule has 1 heterocycles. The van der Waals surface area contributed by atoms with Crippen molar-refractivity contribution < 1.29 is 47.3 Å². The van der Waals surface area contributed by atoms with Crippen LogP contribution in [0.3, 0.4) is 0 Å². The van der Waals surface area contributed by atoms with Gasteiger partial charge >= 0.3 is 17.9 Å². The molecule has 1 amide bonds. The van der Waals surface area contributed by atoms with Gasteiger partial charge in [-0.1, -0.05) is 26.8 Å². The molecule has 0 spiro atoms. The van der Waals surface area contributed by atoms with Gasteiger partial charge < -0.3 is 33.4 Å². The summed E-state index contributed by atoms with van der Waals surface area (Å²) in [7, 11) is -0.548. The van der Waals surface area contributed by atoms with Crippen LogP contribution in [0.25, 0.3) is 6.08 Å². The second-order valence-electron chi connectivity index (χ2n) is 11.1. The summed E-state index contributed by atoms with van der Waals surface area (Å²) in [6.45, 7) is 15.8. The number of rotatable bonds is 9. The molecule has 5 atom stereocenters. The first-order valence-corrected chi connectivity index (χ1v) is 15.9. The predicted octanol–water partition coefficient (Wildman–Crippen LogP) is 3.75. The Kier molecular flexibility index (Phi) is 10.9. The Balaban J connectivity index is 2.25. The van der Waals surface area contributed by atoms with Crippen LogP contribution in [0.4, 0.5) is 0 Å². The summed E-state index contributed by atoms with van der Waals surface area (Å²) in [5, 5.41) is 2.64. The molecule has 12 heteroatoms. The van der Waals surface area contributed by atoms with Gasteiger partial charge in [0.15, 0.2) is 30.3 Å². The van der Waals surface area contributed by atoms with Gasteiger partial charge in [0.05, 0.1) is 13.2 Å². The van der Waals surface area contributed by atoms with E-state index in [4.69, 9.17) is 28.1 Å². The zero-order valence-corrected chi connectivity index (χ0v) is 25.9. The van der Waals surface area contributed by atoms with Crippen LogP contribution in [-0.2, 0) is 38.1 Å². The van der Waals surface area contributed by atoms with Crippen LogP contribution in [0.2, 0.25) is 18.1 Å². The molecule has 0 bridgehead atoms. The van der Waals surface area contributed by atoms with E-state index in [9.17, 15) is 19.2 Å². The quantitative estimate of drug-likeness (QED) is 0.199. The molecule has 0 aromatic heterocycles. The normalized spacial score (nSPS) is 23.2. The van der Waals surface area contributed by atoms with Crippen LogP contribution in [0, 0.1) is 0 Å². The molecule has 11 nitrogen and oxygen atoms in total. The molecule has 5 unspecified atom stereocenters. The van der Waals surface area contributed by atoms with Gasteiger partial charge in [-0.2, -0.15) is 0 Å². The van der Waals surface area contributed by atoms with Crippen LogP contribution >= 0.6 is 0 Å². The smallest absolute Gasteiger partial charge is 0.303 e. The predicted molar refractivity (Wildman–Crippen MR) is 149 cm³/mol. The minimum Gasteiger partial charge on any atom is -0.541 e. The van der Waals surface area contributed by atoms with Crippen LogP contribution < -0.4 is 14.5 Å². The Labute approximate surface area is 236 Å². The number of esters is 3. The molecule has 1 saturated heterocycles. The molecule has 2 rings (SSSR count). The van der Waals surface area contributed by atoms with Gasteiger partial charge in [-0.05, 0) is 48.8 Å². The standard InChI is InChI=1S/C28H41NO10Si/c1-16-24(36-17(2)30)25(37-18(3)31)26(38-19(4)32)27(35-16)29-23(33)14-12-20-11-13-21(22(15-20)34-8)39-40(9,10)28(5,6)7/h11-16,24-27H,1-10H3,(H,29,33)/b14-12+. The highest BCUT2D eigenvalue weighted by Crippen LogP contribution is 2.40. The average Bonchev–Trinajstić information content (AvgIpc) is 2.81. The van der Waals surface area contributed by atoms with E-state index in [2.05, 4.69) is 39.2 Å². The number of amides is 1. The van der Waals surface area contributed by atoms with Crippen molar-refractivity contribution in [3.63, 3.8) is 0 Å². The van der Waals surface area contributed by atoms with Crippen molar-refractivity contribution in [2.75, 3.05) is 7.11 Å². The second-order valence-corrected chi connectivity index (χ2v) is 15.8. The van der Waals surface area contributed by atoms with Crippen molar-refractivity contribution in [1.82, 2.24) is 5.32 Å². The molecule has 1 aromatic rings. The molecular formula is C28H41NO10Si. The molecule has 1 aliphatic heterocycles. The molecule has 1 aromatic carbocycles. The monoisotopic (exact) mass is 579 g/mol. The van der Waals surface area contributed by atoms with Crippen molar-refractivity contribution in [1.29, 1.82) is 0 Å². The zero-order chi connectivity index (χ0) is 30.4. The van der Waals surface area contributed by atoms with Crippen molar-refractivity contribution >= 4 is 38.2 Å². The van der Waals surface area contributed by atoms with E-state index in [-0.39, 0.29) is 5.04 Å². The van der Waals surface area contributed by atoms with Crippen LogP contribution in [0.15, 0.2) is 24.3 Å². The van der Waals surface area contributed by atoms with Gasteiger partial charge in [-0.25, -0.2) is 0 Å². The fraction of sp³-hybridized carbons (Fsp3) is 0.571. The molecule has 1 fully saturated rings. The van der Waals surface area contributed by atoms with Crippen LogP contribution in [0.5, 0.6) is 11.5 Å². The molecule has 1 aliphatic rings. The largest absolute Gasteiger partial charge is 0.541 e. The number of carbonyl (C=O) groups is 4. The Hall–Kier alpha value is -3.38. The molecule has 0 radical (unpaired) electrons. The Bertz CT molecular complexity index is 1130. The van der Waals surface area contributed by atoms with E-state index in [1.54, 1.807) is 38.3 Å². The van der Waals surface area contributed by atoms with E-state index in [1.807, 2.05) is 0 Å². The third-order valence-corrected chi connectivity index (χ3v) is 11.1. The first kappa shape index (κ1) is 32.8. The first-order chi connectivity index (χ1) is 18.4. The SMILES string of the molecule is COc1cc(/C=C/C(=O)NC2OC(C)C(OC(C)=O)C(OC(C)=O)C2OC(C)=O)ccc1O[Si](C)(C)C(C)(C)C. The maximum Gasteiger partial charge on any atom is 0.303 e. The van der Waals surface area contributed by atoms with Crippen LogP contribution in [-0.4, -0.2) is 69.9 Å². The molecule has 0 saturated carbocycles. The second kappa shape index (κ2) is 13.3. The fourth-order valence-electron chi connectivity index (χ4n) is 3.79. The zero-order valence-electron chi connectivity index (χ0n) is 24.9. The van der Waals surface area contributed by atoms with Crippen molar-refractivity contribution in [3.05, 3.63) is 29.8 Å². The lowest BCUT2D eigenvalue weighted by atomic mass is 9.97. The maximum absolute atomic E-state index is 12.9. The van der Waals surface area contributed by atoms with Gasteiger partial charge in [-0.15, -0.1) is 0 Å². The van der Waals surface area contributed by atoms with Gasteiger partial charge in [0, 0.05) is 26.8 Å². The minimum atomic E-state index is -2.10.